The van der Waals surface area contributed by atoms with Gasteiger partial charge in [0.05, 0.1) is 18.9 Å². The molecule has 0 heterocycles. The number of hydrogen-bond acceptors (Lipinski definition) is 3. The first-order valence-corrected chi connectivity index (χ1v) is 7.59. The highest BCUT2D eigenvalue weighted by molar-refractivity contribution is 6.31. The Balaban J connectivity index is 1.83. The van der Waals surface area contributed by atoms with Crippen molar-refractivity contribution in [3.63, 3.8) is 0 Å². The Morgan fingerprint density at radius 1 is 1.26 bits per heavy atom. The molecule has 6 heteroatoms. The first-order chi connectivity index (χ1) is 11.1. The summed E-state index contributed by atoms with van der Waals surface area (Å²) >= 11 is 5.91. The van der Waals surface area contributed by atoms with E-state index in [1.807, 2.05) is 30.3 Å². The fraction of sp³-hybridized carbons (Fsp3) is 0.235. The zero-order valence-corrected chi connectivity index (χ0v) is 13.5. The van der Waals surface area contributed by atoms with E-state index in [1.165, 1.54) is 7.11 Å². The molecule has 2 aromatic rings. The monoisotopic (exact) mass is 334 g/mol. The largest absolute Gasteiger partial charge is 0.495 e. The second-order valence-corrected chi connectivity index (χ2v) is 5.38. The third kappa shape index (κ3) is 5.16. The van der Waals surface area contributed by atoms with Gasteiger partial charge in [-0.2, -0.15) is 0 Å². The quantitative estimate of drug-likeness (QED) is 0.756. The molecule has 2 aromatic carbocycles. The summed E-state index contributed by atoms with van der Waals surface area (Å²) in [6, 6.07) is 13.9. The average molecular weight is 335 g/mol. The maximum absolute atomic E-state index is 11.9. The lowest BCUT2D eigenvalue weighted by Gasteiger charge is -2.13. The standard InChI is InChI=1S/C17H19ClN2O3/c1-23-16-8-7-13(18)11-14(16)20-17(22)19-10-9-15(21)12-5-3-2-4-6-12/h2-8,11,15,21H,9-10H2,1H3,(H2,19,20,22). The Morgan fingerprint density at radius 2 is 2.00 bits per heavy atom. The zero-order chi connectivity index (χ0) is 16.7. The minimum absolute atomic E-state index is 0.338. The Hall–Kier alpha value is -2.24. The van der Waals surface area contributed by atoms with Crippen LogP contribution in [0.5, 0.6) is 5.75 Å². The second kappa shape index (κ2) is 8.41. The summed E-state index contributed by atoms with van der Waals surface area (Å²) in [4.78, 5) is 11.9. The normalized spacial score (nSPS) is 11.6. The number of aliphatic hydroxyl groups is 1. The SMILES string of the molecule is COc1ccc(Cl)cc1NC(=O)NCCC(O)c1ccccc1. The number of hydrogen-bond donors (Lipinski definition) is 3. The van der Waals surface area contributed by atoms with Gasteiger partial charge in [-0.1, -0.05) is 41.9 Å². The molecule has 0 spiro atoms. The first kappa shape index (κ1) is 17.1. The van der Waals surface area contributed by atoms with Crippen molar-refractivity contribution in [1.82, 2.24) is 5.32 Å². The number of methoxy groups -OCH3 is 1. The number of urea groups is 1. The van der Waals surface area contributed by atoms with Crippen molar-refractivity contribution in [2.45, 2.75) is 12.5 Å². The van der Waals surface area contributed by atoms with Crippen LogP contribution in [-0.4, -0.2) is 24.8 Å². The summed E-state index contributed by atoms with van der Waals surface area (Å²) in [5.74, 6) is 0.522. The Labute approximate surface area is 140 Å². The van der Waals surface area contributed by atoms with Crippen molar-refractivity contribution in [3.05, 3.63) is 59.1 Å². The van der Waals surface area contributed by atoms with Gasteiger partial charge in [-0.05, 0) is 30.2 Å². The summed E-state index contributed by atoms with van der Waals surface area (Å²) in [5, 5.41) is 15.9. The molecule has 1 atom stereocenters. The van der Waals surface area contributed by atoms with E-state index in [0.29, 0.717) is 29.4 Å². The van der Waals surface area contributed by atoms with E-state index in [4.69, 9.17) is 16.3 Å². The number of aliphatic hydroxyl groups excluding tert-OH is 1. The molecule has 0 fully saturated rings. The number of carbonyl (C=O) groups excluding carboxylic acids is 1. The number of ether oxygens (including phenoxy) is 1. The molecule has 0 saturated carbocycles. The van der Waals surface area contributed by atoms with Crippen LogP contribution in [0, 0.1) is 0 Å². The van der Waals surface area contributed by atoms with Crippen molar-refractivity contribution in [1.29, 1.82) is 0 Å². The molecule has 3 N–H and O–H groups in total. The van der Waals surface area contributed by atoms with Gasteiger partial charge in [0.1, 0.15) is 5.75 Å². The molecule has 122 valence electrons. The van der Waals surface area contributed by atoms with Crippen LogP contribution in [-0.2, 0) is 0 Å². The van der Waals surface area contributed by atoms with Gasteiger partial charge in [0.15, 0.2) is 0 Å². The minimum atomic E-state index is -0.614. The molecule has 0 aliphatic carbocycles. The highest BCUT2D eigenvalue weighted by atomic mass is 35.5. The van der Waals surface area contributed by atoms with Crippen LogP contribution in [0.1, 0.15) is 18.1 Å². The third-order valence-electron chi connectivity index (χ3n) is 3.30. The van der Waals surface area contributed by atoms with Gasteiger partial charge in [-0.15, -0.1) is 0 Å². The van der Waals surface area contributed by atoms with Gasteiger partial charge in [-0.3, -0.25) is 0 Å². The number of benzene rings is 2. The summed E-state index contributed by atoms with van der Waals surface area (Å²) in [7, 11) is 1.52. The van der Waals surface area contributed by atoms with E-state index in [2.05, 4.69) is 10.6 Å². The Kier molecular flexibility index (Phi) is 6.26. The minimum Gasteiger partial charge on any atom is -0.495 e. The maximum atomic E-state index is 11.9. The summed E-state index contributed by atoms with van der Waals surface area (Å²) in [6.45, 7) is 0.338. The van der Waals surface area contributed by atoms with E-state index < -0.39 is 6.10 Å². The number of rotatable bonds is 6. The van der Waals surface area contributed by atoms with Crippen LogP contribution in [0.3, 0.4) is 0 Å². The van der Waals surface area contributed by atoms with E-state index in [0.717, 1.165) is 5.56 Å². The van der Waals surface area contributed by atoms with Crippen LogP contribution in [0.15, 0.2) is 48.5 Å². The van der Waals surface area contributed by atoms with Gasteiger partial charge in [0, 0.05) is 11.6 Å². The fourth-order valence-corrected chi connectivity index (χ4v) is 2.28. The topological polar surface area (TPSA) is 70.6 Å². The molecular weight excluding hydrogens is 316 g/mol. The van der Waals surface area contributed by atoms with Gasteiger partial charge in [0.25, 0.3) is 0 Å². The maximum Gasteiger partial charge on any atom is 0.319 e. The molecule has 2 amide bonds. The highest BCUT2D eigenvalue weighted by Crippen LogP contribution is 2.27. The number of carbonyl (C=O) groups is 1. The Bertz CT molecular complexity index is 650. The van der Waals surface area contributed by atoms with Crippen LogP contribution in [0.25, 0.3) is 0 Å². The van der Waals surface area contributed by atoms with Gasteiger partial charge in [0.2, 0.25) is 0 Å². The molecule has 5 nitrogen and oxygen atoms in total. The Morgan fingerprint density at radius 3 is 2.70 bits per heavy atom. The highest BCUT2D eigenvalue weighted by Gasteiger charge is 2.10. The predicted octanol–water partition coefficient (Wildman–Crippen LogP) is 3.59. The molecule has 1 unspecified atom stereocenters. The molecule has 23 heavy (non-hydrogen) atoms. The lowest BCUT2D eigenvalue weighted by Crippen LogP contribution is -2.30. The number of halogens is 1. The number of anilines is 1. The molecular formula is C17H19ClN2O3. The zero-order valence-electron chi connectivity index (χ0n) is 12.8. The number of nitrogens with one attached hydrogen (secondary N) is 2. The van der Waals surface area contributed by atoms with Crippen molar-refractivity contribution < 1.29 is 14.6 Å². The first-order valence-electron chi connectivity index (χ1n) is 7.21. The summed E-state index contributed by atoms with van der Waals surface area (Å²) < 4.78 is 5.16. The van der Waals surface area contributed by atoms with Crippen molar-refractivity contribution in [2.75, 3.05) is 19.0 Å². The van der Waals surface area contributed by atoms with E-state index in [1.54, 1.807) is 18.2 Å². The van der Waals surface area contributed by atoms with Crippen molar-refractivity contribution in [3.8, 4) is 5.75 Å². The van der Waals surface area contributed by atoms with Crippen LogP contribution in [0.2, 0.25) is 5.02 Å². The predicted molar refractivity (Wildman–Crippen MR) is 91.0 cm³/mol. The number of amides is 2. The summed E-state index contributed by atoms with van der Waals surface area (Å²) in [5.41, 5.74) is 1.31. The molecule has 0 aliphatic heterocycles. The lowest BCUT2D eigenvalue weighted by molar-refractivity contribution is 0.167. The molecule has 0 aromatic heterocycles. The molecule has 0 bridgehead atoms. The summed E-state index contributed by atoms with van der Waals surface area (Å²) in [6.07, 6.45) is -0.193. The van der Waals surface area contributed by atoms with E-state index in [-0.39, 0.29) is 6.03 Å². The molecule has 0 aliphatic rings. The smallest absolute Gasteiger partial charge is 0.319 e. The average Bonchev–Trinajstić information content (AvgIpc) is 2.56. The molecule has 0 radical (unpaired) electrons. The fourth-order valence-electron chi connectivity index (χ4n) is 2.11. The third-order valence-corrected chi connectivity index (χ3v) is 3.53. The second-order valence-electron chi connectivity index (χ2n) is 4.94. The molecule has 0 saturated heterocycles. The van der Waals surface area contributed by atoms with E-state index in [9.17, 15) is 9.90 Å². The van der Waals surface area contributed by atoms with Crippen molar-refractivity contribution >= 4 is 23.3 Å². The van der Waals surface area contributed by atoms with Crippen LogP contribution >= 0.6 is 11.6 Å². The van der Waals surface area contributed by atoms with Gasteiger partial charge < -0.3 is 20.5 Å². The van der Waals surface area contributed by atoms with Crippen LogP contribution < -0.4 is 15.4 Å². The van der Waals surface area contributed by atoms with Gasteiger partial charge in [-0.25, -0.2) is 4.79 Å². The molecule has 2 rings (SSSR count). The van der Waals surface area contributed by atoms with Crippen molar-refractivity contribution in [2.24, 2.45) is 0 Å². The lowest BCUT2D eigenvalue weighted by atomic mass is 10.1. The van der Waals surface area contributed by atoms with Gasteiger partial charge >= 0.3 is 6.03 Å². The van der Waals surface area contributed by atoms with E-state index >= 15 is 0 Å². The van der Waals surface area contributed by atoms with Crippen LogP contribution in [0.4, 0.5) is 10.5 Å².